The van der Waals surface area contributed by atoms with Crippen LogP contribution in [0.4, 0.5) is 0 Å². The maximum absolute atomic E-state index is 8.79. The maximum atomic E-state index is 8.79. The zero-order chi connectivity index (χ0) is 9.52. The van der Waals surface area contributed by atoms with E-state index in [0.717, 1.165) is 26.1 Å². The molecule has 78 valence electrons. The van der Waals surface area contributed by atoms with Gasteiger partial charge in [0.1, 0.15) is 6.10 Å². The number of aliphatic hydroxyl groups is 1. The first-order chi connectivity index (χ1) is 6.36. The lowest BCUT2D eigenvalue weighted by Gasteiger charge is -2.11. The Morgan fingerprint density at radius 3 is 2.92 bits per heavy atom. The van der Waals surface area contributed by atoms with Crippen LogP contribution in [0.1, 0.15) is 12.8 Å². The number of ether oxygens (including phenoxy) is 3. The Labute approximate surface area is 78.8 Å². The number of methoxy groups -OCH3 is 1. The van der Waals surface area contributed by atoms with Crippen molar-refractivity contribution in [2.75, 3.05) is 33.5 Å². The third kappa shape index (κ3) is 5.21. The molecule has 1 rings (SSSR count). The number of hydrogen-bond acceptors (Lipinski definition) is 4. The van der Waals surface area contributed by atoms with Gasteiger partial charge in [0.25, 0.3) is 0 Å². The Bertz CT molecular complexity index is 121. The second kappa shape index (κ2) is 6.32. The first-order valence-corrected chi connectivity index (χ1v) is 4.69. The van der Waals surface area contributed by atoms with Crippen LogP contribution in [0, 0.1) is 0 Å². The fourth-order valence-corrected chi connectivity index (χ4v) is 1.08. The summed E-state index contributed by atoms with van der Waals surface area (Å²) in [6.45, 7) is 2.36. The van der Waals surface area contributed by atoms with Gasteiger partial charge in [0.05, 0.1) is 25.9 Å². The number of rotatable bonds is 8. The average Bonchev–Trinajstić information content (AvgIpc) is 2.95. The van der Waals surface area contributed by atoms with Gasteiger partial charge >= 0.3 is 0 Å². The molecule has 1 N–H and O–H groups in total. The zero-order valence-corrected chi connectivity index (χ0v) is 8.07. The molecule has 0 aliphatic carbocycles. The van der Waals surface area contributed by atoms with E-state index < -0.39 is 0 Å². The Hall–Kier alpha value is -0.160. The van der Waals surface area contributed by atoms with Crippen molar-refractivity contribution < 1.29 is 19.3 Å². The Morgan fingerprint density at radius 1 is 1.62 bits per heavy atom. The fourth-order valence-electron chi connectivity index (χ4n) is 1.08. The normalized spacial score (nSPS) is 23.1. The molecule has 0 saturated carbocycles. The van der Waals surface area contributed by atoms with Gasteiger partial charge in [0.15, 0.2) is 0 Å². The van der Waals surface area contributed by atoms with E-state index in [0.29, 0.717) is 12.7 Å². The molecule has 2 unspecified atom stereocenters. The second-order valence-corrected chi connectivity index (χ2v) is 3.21. The largest absolute Gasteiger partial charge is 0.394 e. The molecule has 1 aliphatic rings. The molecule has 0 radical (unpaired) electrons. The van der Waals surface area contributed by atoms with Crippen molar-refractivity contribution in [2.45, 2.75) is 25.0 Å². The van der Waals surface area contributed by atoms with E-state index in [2.05, 4.69) is 0 Å². The lowest BCUT2D eigenvalue weighted by atomic mass is 10.2. The van der Waals surface area contributed by atoms with Gasteiger partial charge in [-0.2, -0.15) is 0 Å². The standard InChI is InChI=1S/C9H18O4/c1-11-8(5-10)3-2-4-12-6-9-7-13-9/h8-10H,2-7H2,1H3. The van der Waals surface area contributed by atoms with Crippen molar-refractivity contribution in [1.82, 2.24) is 0 Å². The number of aliphatic hydroxyl groups excluding tert-OH is 1. The van der Waals surface area contributed by atoms with Gasteiger partial charge in [0.2, 0.25) is 0 Å². The van der Waals surface area contributed by atoms with Crippen LogP contribution < -0.4 is 0 Å². The predicted octanol–water partition coefficient (Wildman–Crippen LogP) is 0.189. The number of hydrogen-bond donors (Lipinski definition) is 1. The summed E-state index contributed by atoms with van der Waals surface area (Å²) in [5.41, 5.74) is 0. The lowest BCUT2D eigenvalue weighted by molar-refractivity contribution is 0.0325. The van der Waals surface area contributed by atoms with E-state index >= 15 is 0 Å². The lowest BCUT2D eigenvalue weighted by Crippen LogP contribution is -2.16. The van der Waals surface area contributed by atoms with Crippen LogP contribution in [-0.2, 0) is 14.2 Å². The third-order valence-electron chi connectivity index (χ3n) is 2.06. The summed E-state index contributed by atoms with van der Waals surface area (Å²) in [5, 5.41) is 8.79. The van der Waals surface area contributed by atoms with E-state index in [1.807, 2.05) is 0 Å². The van der Waals surface area contributed by atoms with Gasteiger partial charge in [-0.3, -0.25) is 0 Å². The minimum Gasteiger partial charge on any atom is -0.394 e. The molecule has 13 heavy (non-hydrogen) atoms. The van der Waals surface area contributed by atoms with Crippen molar-refractivity contribution in [3.8, 4) is 0 Å². The summed E-state index contributed by atoms with van der Waals surface area (Å²) in [5.74, 6) is 0. The highest BCUT2D eigenvalue weighted by Gasteiger charge is 2.21. The Kier molecular flexibility index (Phi) is 5.31. The SMILES string of the molecule is COC(CO)CCCOCC1CO1. The van der Waals surface area contributed by atoms with Crippen molar-refractivity contribution in [2.24, 2.45) is 0 Å². The molecule has 0 amide bonds. The summed E-state index contributed by atoms with van der Waals surface area (Å²) < 4.78 is 15.3. The second-order valence-electron chi connectivity index (χ2n) is 3.21. The summed E-state index contributed by atoms with van der Waals surface area (Å²) >= 11 is 0. The van der Waals surface area contributed by atoms with Crippen LogP contribution in [0.2, 0.25) is 0 Å². The summed E-state index contributed by atoms with van der Waals surface area (Å²) in [6, 6.07) is 0. The van der Waals surface area contributed by atoms with Crippen LogP contribution in [0.3, 0.4) is 0 Å². The van der Waals surface area contributed by atoms with Crippen LogP contribution >= 0.6 is 0 Å². The van der Waals surface area contributed by atoms with Crippen molar-refractivity contribution in [3.05, 3.63) is 0 Å². The summed E-state index contributed by atoms with van der Waals surface area (Å²) in [4.78, 5) is 0. The molecule has 1 fully saturated rings. The van der Waals surface area contributed by atoms with E-state index in [1.165, 1.54) is 0 Å². The monoisotopic (exact) mass is 190 g/mol. The first kappa shape index (κ1) is 10.9. The van der Waals surface area contributed by atoms with Gasteiger partial charge in [-0.1, -0.05) is 0 Å². The maximum Gasteiger partial charge on any atom is 0.104 e. The van der Waals surface area contributed by atoms with E-state index in [-0.39, 0.29) is 12.7 Å². The Balaban J connectivity index is 1.81. The molecule has 4 nitrogen and oxygen atoms in total. The first-order valence-electron chi connectivity index (χ1n) is 4.69. The van der Waals surface area contributed by atoms with Crippen molar-refractivity contribution in [1.29, 1.82) is 0 Å². The van der Waals surface area contributed by atoms with Gasteiger partial charge in [-0.15, -0.1) is 0 Å². The van der Waals surface area contributed by atoms with E-state index in [4.69, 9.17) is 19.3 Å². The molecule has 2 atom stereocenters. The van der Waals surface area contributed by atoms with Crippen LogP contribution in [-0.4, -0.2) is 50.9 Å². The smallest absolute Gasteiger partial charge is 0.104 e. The van der Waals surface area contributed by atoms with E-state index in [9.17, 15) is 0 Å². The highest BCUT2D eigenvalue weighted by Crippen LogP contribution is 2.09. The minimum atomic E-state index is -0.0409. The summed E-state index contributed by atoms with van der Waals surface area (Å²) in [7, 11) is 1.61. The number of epoxide rings is 1. The minimum absolute atomic E-state index is 0.0409. The molecule has 1 saturated heterocycles. The molecule has 0 bridgehead atoms. The van der Waals surface area contributed by atoms with Gasteiger partial charge in [-0.25, -0.2) is 0 Å². The van der Waals surface area contributed by atoms with Gasteiger partial charge in [-0.05, 0) is 12.8 Å². The van der Waals surface area contributed by atoms with Gasteiger partial charge in [0, 0.05) is 13.7 Å². The van der Waals surface area contributed by atoms with Gasteiger partial charge < -0.3 is 19.3 Å². The topological polar surface area (TPSA) is 51.2 Å². The molecule has 0 aromatic heterocycles. The molecule has 0 spiro atoms. The zero-order valence-electron chi connectivity index (χ0n) is 8.07. The van der Waals surface area contributed by atoms with Crippen LogP contribution in [0.15, 0.2) is 0 Å². The molecule has 1 aliphatic heterocycles. The van der Waals surface area contributed by atoms with Crippen molar-refractivity contribution >= 4 is 0 Å². The average molecular weight is 190 g/mol. The molecule has 4 heteroatoms. The van der Waals surface area contributed by atoms with Crippen molar-refractivity contribution in [3.63, 3.8) is 0 Å². The molecule has 0 aromatic carbocycles. The van der Waals surface area contributed by atoms with Crippen LogP contribution in [0.5, 0.6) is 0 Å². The molecular formula is C9H18O4. The fraction of sp³-hybridized carbons (Fsp3) is 1.00. The molecular weight excluding hydrogens is 172 g/mol. The highest BCUT2D eigenvalue weighted by atomic mass is 16.6. The Morgan fingerprint density at radius 2 is 2.38 bits per heavy atom. The van der Waals surface area contributed by atoms with Crippen LogP contribution in [0.25, 0.3) is 0 Å². The van der Waals surface area contributed by atoms with E-state index in [1.54, 1.807) is 7.11 Å². The summed E-state index contributed by atoms with van der Waals surface area (Å²) in [6.07, 6.45) is 2.07. The molecule has 0 aromatic rings. The quantitative estimate of drug-likeness (QED) is 0.438. The third-order valence-corrected chi connectivity index (χ3v) is 2.06. The molecule has 1 heterocycles. The highest BCUT2D eigenvalue weighted by molar-refractivity contribution is 4.67. The predicted molar refractivity (Wildman–Crippen MR) is 47.7 cm³/mol.